The van der Waals surface area contributed by atoms with Gasteiger partial charge < -0.3 is 17.3 Å². The molecule has 1 heterocycles. The maximum Gasteiger partial charge on any atom is 0.209 e. The molecule has 1 aliphatic heterocycles. The Kier molecular flexibility index (Phi) is 7.75. The fourth-order valence-corrected chi connectivity index (χ4v) is 4.35. The normalized spacial score (nSPS) is 14.4. The average Bonchev–Trinajstić information content (AvgIpc) is 2.87. The molecule has 0 spiro atoms. The lowest BCUT2D eigenvalue weighted by atomic mass is 9.81. The van der Waals surface area contributed by atoms with Crippen LogP contribution in [0.1, 0.15) is 43.9 Å². The maximum atomic E-state index is 8.87. The topological polar surface area (TPSA) is 30.0 Å². The molecule has 0 saturated heterocycles. The zero-order valence-corrected chi connectivity index (χ0v) is 19.8. The van der Waals surface area contributed by atoms with Gasteiger partial charge in [0.15, 0.2) is 5.71 Å². The number of allylic oxidation sites excluding steroid dienone is 1. The summed E-state index contributed by atoms with van der Waals surface area (Å²) < 4.78 is 2.26. The van der Waals surface area contributed by atoms with Gasteiger partial charge in [-0.15, -0.1) is 0 Å². The minimum absolute atomic E-state index is 0. The van der Waals surface area contributed by atoms with Crippen LogP contribution in [0, 0.1) is 18.3 Å². The van der Waals surface area contributed by atoms with Gasteiger partial charge in [-0.1, -0.05) is 17.7 Å². The highest BCUT2D eigenvalue weighted by Gasteiger charge is 2.42. The number of anilines is 1. The van der Waals surface area contributed by atoms with Gasteiger partial charge in [0, 0.05) is 41.5 Å². The molecule has 0 saturated carbocycles. The molecule has 3 rings (SSSR count). The van der Waals surface area contributed by atoms with E-state index in [1.807, 2.05) is 6.07 Å². The lowest BCUT2D eigenvalue weighted by Gasteiger charge is -2.22. The summed E-state index contributed by atoms with van der Waals surface area (Å²) in [5.41, 5.74) is 7.23. The molecule has 0 amide bonds. The SMILES string of the molecule is CCN(CCC#N)c1ccc(/C=C/C2=[N+](C)c3ccc(Cl)cc3C2(C)C)c(C)c1.[Cl-]. The van der Waals surface area contributed by atoms with E-state index < -0.39 is 0 Å². The number of halogens is 2. The van der Waals surface area contributed by atoms with Crippen LogP contribution < -0.4 is 17.3 Å². The third kappa shape index (κ3) is 4.56. The zero-order chi connectivity index (χ0) is 21.2. The van der Waals surface area contributed by atoms with Crippen molar-refractivity contribution in [3.05, 3.63) is 64.2 Å². The molecular weight excluding hydrogens is 413 g/mol. The summed E-state index contributed by atoms with van der Waals surface area (Å²) in [5, 5.41) is 9.65. The molecule has 0 unspecified atom stereocenters. The van der Waals surface area contributed by atoms with Gasteiger partial charge in [-0.05, 0) is 69.2 Å². The van der Waals surface area contributed by atoms with Crippen LogP contribution in [0.25, 0.3) is 6.08 Å². The minimum Gasteiger partial charge on any atom is -1.00 e. The van der Waals surface area contributed by atoms with Gasteiger partial charge in [0.25, 0.3) is 0 Å². The van der Waals surface area contributed by atoms with E-state index in [0.717, 1.165) is 18.1 Å². The van der Waals surface area contributed by atoms with E-state index in [0.29, 0.717) is 6.42 Å². The molecule has 2 aromatic carbocycles. The first-order chi connectivity index (χ1) is 13.8. The Morgan fingerprint density at radius 1 is 1.17 bits per heavy atom. The van der Waals surface area contributed by atoms with Crippen molar-refractivity contribution in [1.29, 1.82) is 5.26 Å². The number of benzene rings is 2. The molecule has 0 bridgehead atoms. The Morgan fingerprint density at radius 2 is 1.90 bits per heavy atom. The van der Waals surface area contributed by atoms with Crippen molar-refractivity contribution < 1.29 is 17.0 Å². The lowest BCUT2D eigenvalue weighted by molar-refractivity contribution is -0.401. The second kappa shape index (κ2) is 9.69. The number of hydrogen-bond acceptors (Lipinski definition) is 2. The summed E-state index contributed by atoms with van der Waals surface area (Å²) in [7, 11) is 2.12. The predicted octanol–water partition coefficient (Wildman–Crippen LogP) is 3.11. The number of fused-ring (bicyclic) bond motifs is 1. The van der Waals surface area contributed by atoms with Crippen molar-refractivity contribution in [2.24, 2.45) is 0 Å². The summed E-state index contributed by atoms with van der Waals surface area (Å²) in [5.74, 6) is 0. The number of aryl methyl sites for hydroxylation is 1. The molecule has 5 heteroatoms. The molecule has 30 heavy (non-hydrogen) atoms. The van der Waals surface area contributed by atoms with E-state index in [9.17, 15) is 0 Å². The first-order valence-electron chi connectivity index (χ1n) is 10.1. The second-order valence-electron chi connectivity index (χ2n) is 8.09. The van der Waals surface area contributed by atoms with Gasteiger partial charge in [-0.3, -0.25) is 0 Å². The second-order valence-corrected chi connectivity index (χ2v) is 8.53. The van der Waals surface area contributed by atoms with Crippen LogP contribution in [0.2, 0.25) is 5.02 Å². The van der Waals surface area contributed by atoms with Crippen molar-refractivity contribution in [2.75, 3.05) is 25.0 Å². The van der Waals surface area contributed by atoms with Crippen LogP contribution in [0.5, 0.6) is 0 Å². The van der Waals surface area contributed by atoms with Crippen molar-refractivity contribution in [2.45, 2.75) is 39.5 Å². The highest BCUT2D eigenvalue weighted by atomic mass is 35.5. The quantitative estimate of drug-likeness (QED) is 0.644. The third-order valence-electron chi connectivity index (χ3n) is 5.91. The smallest absolute Gasteiger partial charge is 0.209 e. The summed E-state index contributed by atoms with van der Waals surface area (Å²) in [6.45, 7) is 10.4. The highest BCUT2D eigenvalue weighted by Crippen LogP contribution is 2.40. The molecule has 1 aliphatic rings. The summed E-state index contributed by atoms with van der Waals surface area (Å²) in [4.78, 5) is 2.24. The fourth-order valence-electron chi connectivity index (χ4n) is 4.18. The Morgan fingerprint density at radius 3 is 2.53 bits per heavy atom. The average molecular weight is 442 g/mol. The van der Waals surface area contributed by atoms with E-state index in [4.69, 9.17) is 16.9 Å². The number of hydrogen-bond donors (Lipinski definition) is 0. The standard InChI is InChI=1S/C25H29ClN3.ClH/c1-6-29(15-7-14-27)21-11-8-19(18(2)16-21)9-13-24-25(3,4)22-17-20(26)10-12-23(22)28(24)5;/h8-13,16-17H,6-7,15H2,1-5H3;1H/q+1;/p-1. The van der Waals surface area contributed by atoms with Crippen molar-refractivity contribution in [3.63, 3.8) is 0 Å². The first-order valence-corrected chi connectivity index (χ1v) is 10.5. The molecule has 0 fully saturated rings. The van der Waals surface area contributed by atoms with Gasteiger partial charge in [-0.25, -0.2) is 0 Å². The zero-order valence-electron chi connectivity index (χ0n) is 18.3. The predicted molar refractivity (Wildman–Crippen MR) is 124 cm³/mol. The fraction of sp³-hybridized carbons (Fsp3) is 0.360. The number of nitriles is 1. The van der Waals surface area contributed by atoms with Crippen LogP contribution in [0.3, 0.4) is 0 Å². The molecule has 3 nitrogen and oxygen atoms in total. The van der Waals surface area contributed by atoms with Gasteiger partial charge in [0.05, 0.1) is 17.9 Å². The summed E-state index contributed by atoms with van der Waals surface area (Å²) in [6, 6.07) is 14.9. The van der Waals surface area contributed by atoms with E-state index in [1.165, 1.54) is 33.8 Å². The third-order valence-corrected chi connectivity index (χ3v) is 6.14. The van der Waals surface area contributed by atoms with Crippen LogP contribution in [-0.2, 0) is 5.41 Å². The molecule has 0 aromatic heterocycles. The maximum absolute atomic E-state index is 8.87. The minimum atomic E-state index is -0.102. The van der Waals surface area contributed by atoms with Crippen LogP contribution in [0.15, 0.2) is 42.5 Å². The molecule has 0 radical (unpaired) electrons. The van der Waals surface area contributed by atoms with Gasteiger partial charge in [0.2, 0.25) is 5.69 Å². The van der Waals surface area contributed by atoms with Crippen LogP contribution in [0.4, 0.5) is 11.4 Å². The van der Waals surface area contributed by atoms with Crippen molar-refractivity contribution in [3.8, 4) is 6.07 Å². The number of rotatable bonds is 6. The Hall–Kier alpha value is -2.28. The largest absolute Gasteiger partial charge is 1.00 e. The highest BCUT2D eigenvalue weighted by molar-refractivity contribution is 6.30. The van der Waals surface area contributed by atoms with E-state index in [-0.39, 0.29) is 17.8 Å². The van der Waals surface area contributed by atoms with Crippen molar-refractivity contribution in [1.82, 2.24) is 0 Å². The van der Waals surface area contributed by atoms with E-state index >= 15 is 0 Å². The summed E-state index contributed by atoms with van der Waals surface area (Å²) in [6.07, 6.45) is 4.97. The molecule has 158 valence electrons. The lowest BCUT2D eigenvalue weighted by Crippen LogP contribution is -3.00. The summed E-state index contributed by atoms with van der Waals surface area (Å²) >= 11 is 6.26. The molecular formula is C25H29Cl2N3. The van der Waals surface area contributed by atoms with E-state index in [2.05, 4.69) is 92.8 Å². The molecule has 0 atom stereocenters. The number of nitrogens with zero attached hydrogens (tertiary/aromatic N) is 3. The monoisotopic (exact) mass is 441 g/mol. The molecule has 0 N–H and O–H groups in total. The van der Waals surface area contributed by atoms with Crippen LogP contribution in [-0.4, -0.2) is 30.4 Å². The first kappa shape index (κ1) is 24.0. The molecule has 0 aliphatic carbocycles. The van der Waals surface area contributed by atoms with E-state index in [1.54, 1.807) is 0 Å². The Labute approximate surface area is 191 Å². The Balaban J connectivity index is 0.00000320. The van der Waals surface area contributed by atoms with Crippen molar-refractivity contribution >= 4 is 34.8 Å². The van der Waals surface area contributed by atoms with Gasteiger partial charge in [0.1, 0.15) is 7.05 Å². The van der Waals surface area contributed by atoms with Crippen LogP contribution >= 0.6 is 11.6 Å². The van der Waals surface area contributed by atoms with Gasteiger partial charge >= 0.3 is 0 Å². The van der Waals surface area contributed by atoms with Gasteiger partial charge in [-0.2, -0.15) is 9.84 Å². The molecule has 2 aromatic rings. The Bertz CT molecular complexity index is 1030.